The van der Waals surface area contributed by atoms with Gasteiger partial charge in [-0.2, -0.15) is 5.26 Å². The minimum Gasteiger partial charge on any atom is -0.491 e. The highest BCUT2D eigenvalue weighted by Gasteiger charge is 2.22. The zero-order chi connectivity index (χ0) is 14.7. The van der Waals surface area contributed by atoms with Crippen molar-refractivity contribution in [3.05, 3.63) is 29.8 Å². The molecule has 0 radical (unpaired) electrons. The van der Waals surface area contributed by atoms with Crippen molar-refractivity contribution in [3.63, 3.8) is 0 Å². The summed E-state index contributed by atoms with van der Waals surface area (Å²) in [5, 5.41) is 8.93. The molecule has 0 aliphatic heterocycles. The molecule has 2 unspecified atom stereocenters. The number of benzene rings is 1. The van der Waals surface area contributed by atoms with E-state index in [9.17, 15) is 0 Å². The summed E-state index contributed by atoms with van der Waals surface area (Å²) >= 11 is 0. The zero-order valence-corrected chi connectivity index (χ0v) is 12.5. The fourth-order valence-electron chi connectivity index (χ4n) is 1.95. The van der Waals surface area contributed by atoms with Crippen molar-refractivity contribution in [3.8, 4) is 11.8 Å². The van der Waals surface area contributed by atoms with Crippen LogP contribution >= 0.6 is 0 Å². The summed E-state index contributed by atoms with van der Waals surface area (Å²) in [6.45, 7) is 10.2. The van der Waals surface area contributed by atoms with E-state index in [1.807, 2.05) is 19.1 Å². The molecule has 1 aromatic carbocycles. The molecule has 19 heavy (non-hydrogen) atoms. The van der Waals surface area contributed by atoms with E-state index in [1.165, 1.54) is 5.56 Å². The van der Waals surface area contributed by atoms with E-state index in [1.54, 1.807) is 6.92 Å². The Balaban J connectivity index is 2.76. The molecule has 3 nitrogen and oxygen atoms in total. The summed E-state index contributed by atoms with van der Waals surface area (Å²) in [6, 6.07) is 10.2. The molecule has 3 heteroatoms. The predicted molar refractivity (Wildman–Crippen MR) is 78.1 cm³/mol. The molecule has 0 amide bonds. The molecule has 0 aliphatic rings. The second-order valence-electron chi connectivity index (χ2n) is 6.44. The lowest BCUT2D eigenvalue weighted by Gasteiger charge is -2.23. The van der Waals surface area contributed by atoms with Crippen LogP contribution in [0.25, 0.3) is 0 Å². The van der Waals surface area contributed by atoms with Crippen molar-refractivity contribution in [2.24, 2.45) is 5.73 Å². The number of hydrogen-bond acceptors (Lipinski definition) is 3. The minimum atomic E-state index is -0.846. The van der Waals surface area contributed by atoms with Gasteiger partial charge in [0.15, 0.2) is 0 Å². The predicted octanol–water partition coefficient (Wildman–Crippen LogP) is 3.38. The SMILES string of the molecule is CC(CC(C)(N)C#N)Oc1cccc(C(C)(C)C)c1. The van der Waals surface area contributed by atoms with Gasteiger partial charge >= 0.3 is 0 Å². The van der Waals surface area contributed by atoms with E-state index in [4.69, 9.17) is 15.7 Å². The van der Waals surface area contributed by atoms with Gasteiger partial charge in [-0.1, -0.05) is 32.9 Å². The fraction of sp³-hybridized carbons (Fsp3) is 0.562. The number of hydrogen-bond donors (Lipinski definition) is 1. The Labute approximate surface area is 116 Å². The smallest absolute Gasteiger partial charge is 0.119 e. The van der Waals surface area contributed by atoms with Crippen molar-refractivity contribution >= 4 is 0 Å². The summed E-state index contributed by atoms with van der Waals surface area (Å²) < 4.78 is 5.86. The summed E-state index contributed by atoms with van der Waals surface area (Å²) in [6.07, 6.45) is 0.411. The van der Waals surface area contributed by atoms with Gasteiger partial charge < -0.3 is 10.5 Å². The summed E-state index contributed by atoms with van der Waals surface area (Å²) in [5.41, 5.74) is 6.31. The van der Waals surface area contributed by atoms with Gasteiger partial charge in [0, 0.05) is 6.42 Å². The second-order valence-corrected chi connectivity index (χ2v) is 6.44. The van der Waals surface area contributed by atoms with Gasteiger partial charge in [-0.15, -0.1) is 0 Å². The average molecular weight is 260 g/mol. The lowest BCUT2D eigenvalue weighted by molar-refractivity contribution is 0.191. The maximum Gasteiger partial charge on any atom is 0.119 e. The van der Waals surface area contributed by atoms with E-state index < -0.39 is 5.54 Å². The summed E-state index contributed by atoms with van der Waals surface area (Å²) in [5.74, 6) is 0.827. The molecule has 0 saturated carbocycles. The third-order valence-electron chi connectivity index (χ3n) is 3.00. The molecule has 0 aromatic heterocycles. The van der Waals surface area contributed by atoms with E-state index in [0.717, 1.165) is 5.75 Å². The molecule has 1 rings (SSSR count). The molecular weight excluding hydrogens is 236 g/mol. The van der Waals surface area contributed by atoms with Crippen LogP contribution in [0.5, 0.6) is 5.75 Å². The maximum absolute atomic E-state index is 8.93. The third kappa shape index (κ3) is 4.92. The largest absolute Gasteiger partial charge is 0.491 e. The van der Waals surface area contributed by atoms with Crippen LogP contribution in [0.4, 0.5) is 0 Å². The van der Waals surface area contributed by atoms with Crippen LogP contribution < -0.4 is 10.5 Å². The minimum absolute atomic E-state index is 0.0927. The van der Waals surface area contributed by atoms with Crippen molar-refractivity contribution < 1.29 is 4.74 Å². The molecule has 2 atom stereocenters. The summed E-state index contributed by atoms with van der Waals surface area (Å²) in [4.78, 5) is 0. The Morgan fingerprint density at radius 1 is 1.32 bits per heavy atom. The Bertz CT molecular complexity index is 466. The molecule has 0 fully saturated rings. The van der Waals surface area contributed by atoms with Gasteiger partial charge in [0.25, 0.3) is 0 Å². The van der Waals surface area contributed by atoms with Gasteiger partial charge in [0.2, 0.25) is 0 Å². The van der Waals surface area contributed by atoms with Gasteiger partial charge in [-0.25, -0.2) is 0 Å². The first kappa shape index (κ1) is 15.5. The Morgan fingerprint density at radius 2 is 1.95 bits per heavy atom. The fourth-order valence-corrected chi connectivity index (χ4v) is 1.95. The molecule has 0 spiro atoms. The summed E-state index contributed by atoms with van der Waals surface area (Å²) in [7, 11) is 0. The van der Waals surface area contributed by atoms with E-state index >= 15 is 0 Å². The molecule has 104 valence electrons. The highest BCUT2D eigenvalue weighted by atomic mass is 16.5. The highest BCUT2D eigenvalue weighted by molar-refractivity contribution is 5.32. The van der Waals surface area contributed by atoms with Crippen molar-refractivity contribution in [1.82, 2.24) is 0 Å². The maximum atomic E-state index is 8.93. The van der Waals surface area contributed by atoms with Crippen LogP contribution in [0, 0.1) is 11.3 Å². The Hall–Kier alpha value is -1.53. The average Bonchev–Trinajstić information content (AvgIpc) is 2.27. The lowest BCUT2D eigenvalue weighted by Crippen LogP contribution is -2.38. The van der Waals surface area contributed by atoms with Crippen LogP contribution in [0.1, 0.15) is 46.6 Å². The molecular formula is C16H24N2O. The number of nitriles is 1. The number of ether oxygens (including phenoxy) is 1. The van der Waals surface area contributed by atoms with Crippen molar-refractivity contribution in [2.45, 2.75) is 58.1 Å². The first-order valence-electron chi connectivity index (χ1n) is 6.61. The Kier molecular flexibility index (Phi) is 4.60. The molecule has 0 saturated heterocycles. The van der Waals surface area contributed by atoms with Gasteiger partial charge in [0.05, 0.1) is 12.2 Å². The van der Waals surface area contributed by atoms with Crippen LogP contribution in [-0.4, -0.2) is 11.6 Å². The number of nitrogens with zero attached hydrogens (tertiary/aromatic N) is 1. The zero-order valence-electron chi connectivity index (χ0n) is 12.5. The standard InChI is InChI=1S/C16H24N2O/c1-12(10-16(5,18)11-17)19-14-8-6-7-13(9-14)15(2,3)4/h6-9,12H,10,18H2,1-5H3. The van der Waals surface area contributed by atoms with E-state index in [0.29, 0.717) is 6.42 Å². The van der Waals surface area contributed by atoms with Gasteiger partial charge in [-0.3, -0.25) is 0 Å². The molecule has 1 aromatic rings. The highest BCUT2D eigenvalue weighted by Crippen LogP contribution is 2.26. The lowest BCUT2D eigenvalue weighted by atomic mass is 9.87. The quantitative estimate of drug-likeness (QED) is 0.902. The molecule has 0 heterocycles. The van der Waals surface area contributed by atoms with Gasteiger partial charge in [-0.05, 0) is 37.0 Å². The first-order valence-corrected chi connectivity index (χ1v) is 6.61. The van der Waals surface area contributed by atoms with E-state index in [2.05, 4.69) is 39.0 Å². The van der Waals surface area contributed by atoms with E-state index in [-0.39, 0.29) is 11.5 Å². The van der Waals surface area contributed by atoms with Crippen LogP contribution in [0.3, 0.4) is 0 Å². The first-order chi connectivity index (χ1) is 8.64. The normalized spacial score (nSPS) is 16.3. The molecule has 0 aliphatic carbocycles. The molecule has 0 bridgehead atoms. The van der Waals surface area contributed by atoms with Crippen LogP contribution in [0.15, 0.2) is 24.3 Å². The third-order valence-corrected chi connectivity index (χ3v) is 3.00. The van der Waals surface area contributed by atoms with Crippen molar-refractivity contribution in [2.75, 3.05) is 0 Å². The van der Waals surface area contributed by atoms with Crippen LogP contribution in [-0.2, 0) is 5.41 Å². The number of rotatable bonds is 4. The topological polar surface area (TPSA) is 59.0 Å². The monoisotopic (exact) mass is 260 g/mol. The number of nitrogens with two attached hydrogens (primary N) is 1. The molecule has 2 N–H and O–H groups in total. The van der Waals surface area contributed by atoms with Gasteiger partial charge in [0.1, 0.15) is 11.3 Å². The Morgan fingerprint density at radius 3 is 2.47 bits per heavy atom. The van der Waals surface area contributed by atoms with Crippen molar-refractivity contribution in [1.29, 1.82) is 5.26 Å². The second kappa shape index (κ2) is 5.63. The van der Waals surface area contributed by atoms with Crippen LogP contribution in [0.2, 0.25) is 0 Å².